The van der Waals surface area contributed by atoms with E-state index in [0.717, 1.165) is 11.3 Å². The Morgan fingerprint density at radius 3 is 2.70 bits per heavy atom. The van der Waals surface area contributed by atoms with E-state index in [4.69, 9.17) is 4.74 Å². The lowest BCUT2D eigenvalue weighted by atomic mass is 10.1. The largest absolute Gasteiger partial charge is 0.431 e. The van der Waals surface area contributed by atoms with Crippen molar-refractivity contribution in [2.45, 2.75) is 13.3 Å². The second-order valence-corrected chi connectivity index (χ2v) is 5.82. The summed E-state index contributed by atoms with van der Waals surface area (Å²) in [6, 6.07) is 14.4. The number of hydrogen-bond acceptors (Lipinski definition) is 6. The van der Waals surface area contributed by atoms with E-state index in [-0.39, 0.29) is 17.3 Å². The van der Waals surface area contributed by atoms with Crippen LogP contribution < -0.4 is 4.74 Å². The molecule has 4 rings (SSSR count). The van der Waals surface area contributed by atoms with Gasteiger partial charge in [0.25, 0.3) is 0 Å². The Morgan fingerprint density at radius 1 is 1.15 bits per heavy atom. The van der Waals surface area contributed by atoms with E-state index in [2.05, 4.69) is 15.1 Å². The third-order valence-corrected chi connectivity index (χ3v) is 4.16. The molecule has 0 saturated heterocycles. The van der Waals surface area contributed by atoms with Gasteiger partial charge < -0.3 is 4.74 Å². The van der Waals surface area contributed by atoms with Crippen LogP contribution in [0.25, 0.3) is 16.7 Å². The highest BCUT2D eigenvalue weighted by Crippen LogP contribution is 2.34. The van der Waals surface area contributed by atoms with Gasteiger partial charge in [-0.2, -0.15) is 5.10 Å². The molecule has 0 radical (unpaired) electrons. The van der Waals surface area contributed by atoms with Crippen molar-refractivity contribution in [1.82, 2.24) is 19.7 Å². The zero-order valence-corrected chi connectivity index (χ0v) is 14.4. The SMILES string of the molecule is CCc1ccc(Oc2ncnc3c2cnn3-c2ccccc2)c([N+](=O)[O-])c1. The van der Waals surface area contributed by atoms with Crippen molar-refractivity contribution >= 4 is 16.7 Å². The van der Waals surface area contributed by atoms with Gasteiger partial charge in [0.1, 0.15) is 11.7 Å². The Kier molecular flexibility index (Phi) is 4.21. The van der Waals surface area contributed by atoms with E-state index in [0.29, 0.717) is 17.5 Å². The van der Waals surface area contributed by atoms with Crippen molar-refractivity contribution in [3.63, 3.8) is 0 Å². The normalized spacial score (nSPS) is 10.9. The van der Waals surface area contributed by atoms with Crippen molar-refractivity contribution in [2.24, 2.45) is 0 Å². The second-order valence-electron chi connectivity index (χ2n) is 5.82. The number of nitrogens with zero attached hydrogens (tertiary/aromatic N) is 5. The maximum Gasteiger partial charge on any atom is 0.311 e. The number of hydrogen-bond donors (Lipinski definition) is 0. The fourth-order valence-electron chi connectivity index (χ4n) is 2.78. The van der Waals surface area contributed by atoms with Crippen LogP contribution in [0.2, 0.25) is 0 Å². The predicted octanol–water partition coefficient (Wildman–Crippen LogP) is 4.08. The average Bonchev–Trinajstić information content (AvgIpc) is 3.14. The van der Waals surface area contributed by atoms with Crippen molar-refractivity contribution in [2.75, 3.05) is 0 Å². The highest BCUT2D eigenvalue weighted by molar-refractivity contribution is 5.81. The number of rotatable bonds is 5. The van der Waals surface area contributed by atoms with Crippen LogP contribution in [0.1, 0.15) is 12.5 Å². The molecule has 0 bridgehead atoms. The van der Waals surface area contributed by atoms with Gasteiger partial charge in [-0.15, -0.1) is 0 Å². The quantitative estimate of drug-likeness (QED) is 0.392. The van der Waals surface area contributed by atoms with Gasteiger partial charge in [0.15, 0.2) is 5.65 Å². The Balaban J connectivity index is 1.78. The average molecular weight is 361 g/mol. The molecule has 8 heteroatoms. The Bertz CT molecular complexity index is 1120. The summed E-state index contributed by atoms with van der Waals surface area (Å²) in [7, 11) is 0. The van der Waals surface area contributed by atoms with Crippen LogP contribution in [0.5, 0.6) is 11.6 Å². The molecule has 4 aromatic rings. The lowest BCUT2D eigenvalue weighted by molar-refractivity contribution is -0.385. The molecule has 0 fully saturated rings. The molecule has 0 N–H and O–H groups in total. The van der Waals surface area contributed by atoms with Crippen LogP contribution in [-0.2, 0) is 6.42 Å². The van der Waals surface area contributed by atoms with E-state index >= 15 is 0 Å². The summed E-state index contributed by atoms with van der Waals surface area (Å²) >= 11 is 0. The van der Waals surface area contributed by atoms with Gasteiger partial charge in [-0.05, 0) is 30.2 Å². The van der Waals surface area contributed by atoms with E-state index in [1.807, 2.05) is 37.3 Å². The standard InChI is InChI=1S/C19H15N5O3/c1-2-13-8-9-17(16(10-13)24(25)26)27-19-15-11-22-23(18(15)20-12-21-19)14-6-4-3-5-7-14/h3-12H,2H2,1H3. The van der Waals surface area contributed by atoms with Crippen LogP contribution in [0.4, 0.5) is 5.69 Å². The maximum atomic E-state index is 11.4. The van der Waals surface area contributed by atoms with Crippen LogP contribution in [0.3, 0.4) is 0 Å². The molecule has 0 aliphatic heterocycles. The lowest BCUT2D eigenvalue weighted by Crippen LogP contribution is -1.99. The Labute approximate surface area is 154 Å². The maximum absolute atomic E-state index is 11.4. The molecular formula is C19H15N5O3. The fourth-order valence-corrected chi connectivity index (χ4v) is 2.78. The molecule has 0 amide bonds. The van der Waals surface area contributed by atoms with Gasteiger partial charge in [0, 0.05) is 6.07 Å². The summed E-state index contributed by atoms with van der Waals surface area (Å²) < 4.78 is 7.45. The Hall–Kier alpha value is -3.81. The number of para-hydroxylation sites is 1. The summed E-state index contributed by atoms with van der Waals surface area (Å²) in [5.41, 5.74) is 2.16. The van der Waals surface area contributed by atoms with Gasteiger partial charge in [-0.3, -0.25) is 10.1 Å². The first-order chi connectivity index (χ1) is 13.2. The number of benzene rings is 2. The number of ether oxygens (including phenoxy) is 1. The molecule has 0 saturated carbocycles. The molecule has 0 spiro atoms. The van der Waals surface area contributed by atoms with Gasteiger partial charge in [-0.1, -0.05) is 31.2 Å². The summed E-state index contributed by atoms with van der Waals surface area (Å²) in [6.45, 7) is 1.94. The third kappa shape index (κ3) is 3.08. The minimum atomic E-state index is -0.458. The lowest BCUT2D eigenvalue weighted by Gasteiger charge is -2.07. The summed E-state index contributed by atoms with van der Waals surface area (Å²) in [5.74, 6) is 0.346. The molecule has 0 unspecified atom stereocenters. The first-order valence-electron chi connectivity index (χ1n) is 8.36. The molecule has 2 heterocycles. The van der Waals surface area contributed by atoms with Crippen LogP contribution >= 0.6 is 0 Å². The highest BCUT2D eigenvalue weighted by atomic mass is 16.6. The van der Waals surface area contributed by atoms with Crippen LogP contribution in [0, 0.1) is 10.1 Å². The first-order valence-corrected chi connectivity index (χ1v) is 8.36. The Morgan fingerprint density at radius 2 is 1.96 bits per heavy atom. The van der Waals surface area contributed by atoms with Gasteiger partial charge in [0.2, 0.25) is 11.6 Å². The zero-order valence-electron chi connectivity index (χ0n) is 14.4. The molecule has 0 atom stereocenters. The van der Waals surface area contributed by atoms with E-state index < -0.39 is 4.92 Å². The molecular weight excluding hydrogens is 346 g/mol. The van der Waals surface area contributed by atoms with Crippen LogP contribution in [-0.4, -0.2) is 24.7 Å². The van der Waals surface area contributed by atoms with Crippen molar-refractivity contribution < 1.29 is 9.66 Å². The van der Waals surface area contributed by atoms with Gasteiger partial charge in [-0.25, -0.2) is 14.6 Å². The highest BCUT2D eigenvalue weighted by Gasteiger charge is 2.19. The number of aromatic nitrogens is 4. The first kappa shape index (κ1) is 16.6. The second kappa shape index (κ2) is 6.83. The number of nitro benzene ring substituents is 1. The fraction of sp³-hybridized carbons (Fsp3) is 0.105. The monoisotopic (exact) mass is 361 g/mol. The number of nitro groups is 1. The van der Waals surface area contributed by atoms with Crippen molar-refractivity contribution in [3.8, 4) is 17.3 Å². The van der Waals surface area contributed by atoms with Crippen LogP contribution in [0.15, 0.2) is 61.1 Å². The third-order valence-electron chi connectivity index (χ3n) is 4.16. The molecule has 2 aromatic carbocycles. The van der Waals surface area contributed by atoms with E-state index in [9.17, 15) is 10.1 Å². The molecule has 134 valence electrons. The van der Waals surface area contributed by atoms with Crippen molar-refractivity contribution in [3.05, 3.63) is 76.7 Å². The van der Waals surface area contributed by atoms with E-state index in [1.54, 1.807) is 23.0 Å². The number of fused-ring (bicyclic) bond motifs is 1. The zero-order chi connectivity index (χ0) is 18.8. The minimum absolute atomic E-state index is 0.100. The number of aryl methyl sites for hydroxylation is 1. The molecule has 27 heavy (non-hydrogen) atoms. The van der Waals surface area contributed by atoms with Gasteiger partial charge >= 0.3 is 5.69 Å². The predicted molar refractivity (Wildman–Crippen MR) is 99.2 cm³/mol. The summed E-state index contributed by atoms with van der Waals surface area (Å²) in [5, 5.41) is 16.3. The van der Waals surface area contributed by atoms with Gasteiger partial charge in [0.05, 0.1) is 16.8 Å². The molecule has 8 nitrogen and oxygen atoms in total. The summed E-state index contributed by atoms with van der Waals surface area (Å²) in [4.78, 5) is 19.4. The molecule has 0 aliphatic rings. The van der Waals surface area contributed by atoms with E-state index in [1.165, 1.54) is 12.4 Å². The smallest absolute Gasteiger partial charge is 0.311 e. The summed E-state index contributed by atoms with van der Waals surface area (Å²) in [6.07, 6.45) is 3.64. The molecule has 2 aromatic heterocycles. The topological polar surface area (TPSA) is 96.0 Å². The molecule has 0 aliphatic carbocycles. The minimum Gasteiger partial charge on any atom is -0.431 e. The van der Waals surface area contributed by atoms with Crippen molar-refractivity contribution in [1.29, 1.82) is 0 Å².